The summed E-state index contributed by atoms with van der Waals surface area (Å²) in [4.78, 5) is 31.5. The fourth-order valence-corrected chi connectivity index (χ4v) is 3.56. The molecule has 1 aromatic heterocycles. The number of aromatic nitrogens is 2. The number of nitrogens with one attached hydrogen (secondary N) is 1. The van der Waals surface area contributed by atoms with E-state index in [4.69, 9.17) is 23.2 Å². The molecule has 8 heteroatoms. The summed E-state index contributed by atoms with van der Waals surface area (Å²) in [6.07, 6.45) is 0. The Labute approximate surface area is 162 Å². The summed E-state index contributed by atoms with van der Waals surface area (Å²) in [5.41, 5.74) is 0.277. The average molecular weight is 397 g/mol. The van der Waals surface area contributed by atoms with E-state index in [0.717, 1.165) is 18.8 Å². The van der Waals surface area contributed by atoms with Crippen molar-refractivity contribution in [2.75, 3.05) is 36.0 Å². The van der Waals surface area contributed by atoms with Gasteiger partial charge < -0.3 is 9.80 Å². The molecule has 0 atom stereocenters. The smallest absolute Gasteiger partial charge is 0.329 e. The number of H-pyrrole nitrogens is 1. The van der Waals surface area contributed by atoms with E-state index in [1.54, 1.807) is 6.07 Å². The highest BCUT2D eigenvalue weighted by molar-refractivity contribution is 6.43. The molecule has 1 N–H and O–H groups in total. The van der Waals surface area contributed by atoms with Gasteiger partial charge in [0.1, 0.15) is 5.82 Å². The number of halogens is 2. The highest BCUT2D eigenvalue weighted by Gasteiger charge is 2.21. The number of hydrogen-bond donors (Lipinski definition) is 1. The zero-order chi connectivity index (χ0) is 18.8. The van der Waals surface area contributed by atoms with E-state index in [1.165, 1.54) is 10.6 Å². The van der Waals surface area contributed by atoms with Crippen LogP contribution in [0.4, 0.5) is 11.5 Å². The van der Waals surface area contributed by atoms with Crippen LogP contribution < -0.4 is 21.0 Å². The van der Waals surface area contributed by atoms with Crippen LogP contribution in [0.15, 0.2) is 33.9 Å². The van der Waals surface area contributed by atoms with Gasteiger partial charge >= 0.3 is 5.69 Å². The maximum atomic E-state index is 12.3. The Morgan fingerprint density at radius 2 is 1.73 bits per heavy atom. The molecule has 0 amide bonds. The van der Waals surface area contributed by atoms with Gasteiger partial charge in [-0.15, -0.1) is 0 Å². The minimum Gasteiger partial charge on any atom is -0.367 e. The molecule has 1 saturated heterocycles. The largest absolute Gasteiger partial charge is 0.367 e. The second kappa shape index (κ2) is 7.76. The van der Waals surface area contributed by atoms with Crippen LogP contribution in [0.25, 0.3) is 0 Å². The van der Waals surface area contributed by atoms with Crippen LogP contribution in [0, 0.1) is 5.92 Å². The van der Waals surface area contributed by atoms with Crippen LogP contribution in [0.1, 0.15) is 13.8 Å². The molecule has 0 bridgehead atoms. The summed E-state index contributed by atoms with van der Waals surface area (Å²) in [5.74, 6) is 0.794. The van der Waals surface area contributed by atoms with E-state index in [2.05, 4.69) is 9.88 Å². The number of piperazine rings is 1. The van der Waals surface area contributed by atoms with Crippen molar-refractivity contribution in [1.29, 1.82) is 0 Å². The van der Waals surface area contributed by atoms with Gasteiger partial charge in [-0.1, -0.05) is 43.1 Å². The third-order valence-electron chi connectivity index (χ3n) is 4.45. The van der Waals surface area contributed by atoms with E-state index < -0.39 is 0 Å². The monoisotopic (exact) mass is 396 g/mol. The molecule has 2 heterocycles. The van der Waals surface area contributed by atoms with E-state index in [9.17, 15) is 9.59 Å². The first-order valence-electron chi connectivity index (χ1n) is 8.65. The van der Waals surface area contributed by atoms with Crippen LogP contribution in [-0.4, -0.2) is 35.7 Å². The number of nitrogens with zero attached hydrogens (tertiary/aromatic N) is 3. The molecule has 140 valence electrons. The zero-order valence-corrected chi connectivity index (χ0v) is 16.3. The van der Waals surface area contributed by atoms with Gasteiger partial charge in [0.2, 0.25) is 0 Å². The van der Waals surface area contributed by atoms with Crippen molar-refractivity contribution in [3.05, 3.63) is 55.1 Å². The third-order valence-corrected chi connectivity index (χ3v) is 5.26. The molecule has 0 unspecified atom stereocenters. The molecular formula is C18H22Cl2N4O2. The van der Waals surface area contributed by atoms with Crippen LogP contribution in [0.2, 0.25) is 10.0 Å². The molecule has 0 spiro atoms. The molecule has 1 aliphatic rings. The summed E-state index contributed by atoms with van der Waals surface area (Å²) in [5, 5.41) is 1.08. The van der Waals surface area contributed by atoms with Gasteiger partial charge in [0.15, 0.2) is 0 Å². The maximum absolute atomic E-state index is 12.3. The molecule has 1 aliphatic heterocycles. The Morgan fingerprint density at radius 1 is 1.08 bits per heavy atom. The molecule has 1 fully saturated rings. The Morgan fingerprint density at radius 3 is 2.35 bits per heavy atom. The van der Waals surface area contributed by atoms with Gasteiger partial charge in [0, 0.05) is 38.8 Å². The number of aromatic amines is 1. The van der Waals surface area contributed by atoms with Gasteiger partial charge in [0.05, 0.1) is 15.7 Å². The highest BCUT2D eigenvalue weighted by Crippen LogP contribution is 2.33. The zero-order valence-electron chi connectivity index (χ0n) is 14.8. The quantitative estimate of drug-likeness (QED) is 0.862. The maximum Gasteiger partial charge on any atom is 0.329 e. The van der Waals surface area contributed by atoms with Crippen molar-refractivity contribution in [1.82, 2.24) is 9.55 Å². The Balaban J connectivity index is 1.75. The molecular weight excluding hydrogens is 375 g/mol. The van der Waals surface area contributed by atoms with Crippen molar-refractivity contribution in [3.63, 3.8) is 0 Å². The molecule has 3 rings (SSSR count). The molecule has 0 radical (unpaired) electrons. The number of benzene rings is 1. The van der Waals surface area contributed by atoms with E-state index in [1.807, 2.05) is 30.9 Å². The lowest BCUT2D eigenvalue weighted by Gasteiger charge is -2.37. The second-order valence-electron chi connectivity index (χ2n) is 6.85. The lowest BCUT2D eigenvalue weighted by atomic mass is 10.2. The van der Waals surface area contributed by atoms with Crippen LogP contribution >= 0.6 is 23.2 Å². The fourth-order valence-electron chi connectivity index (χ4n) is 3.14. The third kappa shape index (κ3) is 3.91. The molecule has 6 nitrogen and oxygen atoms in total. The van der Waals surface area contributed by atoms with E-state index in [0.29, 0.717) is 35.5 Å². The summed E-state index contributed by atoms with van der Waals surface area (Å²) in [7, 11) is 0. The minimum atomic E-state index is -0.360. The van der Waals surface area contributed by atoms with Crippen LogP contribution in [0.3, 0.4) is 0 Å². The lowest BCUT2D eigenvalue weighted by Crippen LogP contribution is -2.48. The number of rotatable bonds is 4. The Hall–Kier alpha value is -1.92. The normalized spacial score (nSPS) is 15.0. The van der Waals surface area contributed by atoms with Gasteiger partial charge in [-0.05, 0) is 18.1 Å². The highest BCUT2D eigenvalue weighted by atomic mass is 35.5. The predicted octanol–water partition coefficient (Wildman–Crippen LogP) is 2.83. The molecule has 0 saturated carbocycles. The SMILES string of the molecule is CC(C)Cn1c(=O)cc(N2CCN(c3cccc(Cl)c3Cl)CC2)[nH]c1=O. The summed E-state index contributed by atoms with van der Waals surface area (Å²) in [6.45, 7) is 7.14. The predicted molar refractivity (Wildman–Crippen MR) is 107 cm³/mol. The van der Waals surface area contributed by atoms with E-state index >= 15 is 0 Å². The van der Waals surface area contributed by atoms with Crippen molar-refractivity contribution in [2.45, 2.75) is 20.4 Å². The van der Waals surface area contributed by atoms with Gasteiger partial charge in [0.25, 0.3) is 5.56 Å². The summed E-state index contributed by atoms with van der Waals surface area (Å²) < 4.78 is 1.25. The first-order valence-corrected chi connectivity index (χ1v) is 9.40. The number of anilines is 2. The van der Waals surface area contributed by atoms with Gasteiger partial charge in [-0.25, -0.2) is 4.79 Å². The molecule has 1 aromatic carbocycles. The van der Waals surface area contributed by atoms with Crippen LogP contribution in [0.5, 0.6) is 0 Å². The Bertz CT molecular complexity index is 868. The fraction of sp³-hybridized carbons (Fsp3) is 0.444. The van der Waals surface area contributed by atoms with Crippen molar-refractivity contribution in [2.24, 2.45) is 5.92 Å². The first-order chi connectivity index (χ1) is 12.4. The summed E-state index contributed by atoms with van der Waals surface area (Å²) >= 11 is 12.4. The second-order valence-corrected chi connectivity index (χ2v) is 7.63. The van der Waals surface area contributed by atoms with Crippen molar-refractivity contribution in [3.8, 4) is 0 Å². The van der Waals surface area contributed by atoms with E-state index in [-0.39, 0.29) is 17.2 Å². The van der Waals surface area contributed by atoms with Gasteiger partial charge in [-0.2, -0.15) is 0 Å². The Kier molecular flexibility index (Phi) is 5.63. The van der Waals surface area contributed by atoms with Gasteiger partial charge in [-0.3, -0.25) is 14.3 Å². The molecule has 0 aliphatic carbocycles. The average Bonchev–Trinajstić information content (AvgIpc) is 2.60. The topological polar surface area (TPSA) is 61.3 Å². The van der Waals surface area contributed by atoms with Crippen molar-refractivity contribution >= 4 is 34.7 Å². The standard InChI is InChI=1S/C18H22Cl2N4O2/c1-12(2)11-24-16(25)10-15(21-18(24)26)23-8-6-22(7-9-23)14-5-3-4-13(19)17(14)20/h3-5,10,12H,6-9,11H2,1-2H3,(H,21,26). The molecule has 26 heavy (non-hydrogen) atoms. The lowest BCUT2D eigenvalue weighted by molar-refractivity contribution is 0.491. The van der Waals surface area contributed by atoms with Crippen LogP contribution in [-0.2, 0) is 6.54 Å². The minimum absolute atomic E-state index is 0.227. The summed E-state index contributed by atoms with van der Waals surface area (Å²) in [6, 6.07) is 7.09. The number of hydrogen-bond acceptors (Lipinski definition) is 4. The van der Waals surface area contributed by atoms with Crippen molar-refractivity contribution < 1.29 is 0 Å². The first kappa shape index (κ1) is 18.9. The molecule has 2 aromatic rings.